The Balaban J connectivity index is 1.70. The fourth-order valence-electron chi connectivity index (χ4n) is 2.27. The Labute approximate surface area is 131 Å². The Kier molecular flexibility index (Phi) is 4.11. The summed E-state index contributed by atoms with van der Waals surface area (Å²) < 4.78 is 3.02. The van der Waals surface area contributed by atoms with Crippen molar-refractivity contribution in [2.75, 3.05) is 0 Å². The van der Waals surface area contributed by atoms with Crippen LogP contribution in [0.4, 0.5) is 5.69 Å². The fourth-order valence-corrected chi connectivity index (χ4v) is 2.27. The van der Waals surface area contributed by atoms with Crippen LogP contribution < -0.4 is 0 Å². The van der Waals surface area contributed by atoms with Gasteiger partial charge in [-0.05, 0) is 18.2 Å². The lowest BCUT2D eigenvalue weighted by Crippen LogP contribution is -2.23. The zero-order chi connectivity index (χ0) is 16.2. The van der Waals surface area contributed by atoms with E-state index in [-0.39, 0.29) is 18.8 Å². The van der Waals surface area contributed by atoms with Crippen molar-refractivity contribution in [2.45, 2.75) is 19.2 Å². The molecular weight excluding hydrogens is 300 g/mol. The molecule has 9 heteroatoms. The number of nitrogens with zero attached hydrogens (tertiary/aromatic N) is 6. The predicted octanol–water partition coefficient (Wildman–Crippen LogP) is 1.11. The second-order valence-electron chi connectivity index (χ2n) is 4.97. The molecule has 0 aliphatic rings. The average molecular weight is 314 g/mol. The van der Waals surface area contributed by atoms with E-state index in [4.69, 9.17) is 0 Å². The third-order valence-corrected chi connectivity index (χ3v) is 3.30. The molecule has 0 fully saturated rings. The number of hydrogen-bond acceptors (Lipinski definition) is 6. The minimum atomic E-state index is -0.782. The lowest BCUT2D eigenvalue weighted by molar-refractivity contribution is -0.385. The maximum atomic E-state index is 10.6. The topological polar surface area (TPSA) is 112 Å². The van der Waals surface area contributed by atoms with Crippen LogP contribution in [0, 0.1) is 10.1 Å². The van der Waals surface area contributed by atoms with Crippen LogP contribution in [-0.2, 0) is 13.1 Å². The molecule has 3 aromatic heterocycles. The van der Waals surface area contributed by atoms with Crippen LogP contribution in [0.3, 0.4) is 0 Å². The van der Waals surface area contributed by atoms with E-state index in [1.54, 1.807) is 23.3 Å². The van der Waals surface area contributed by atoms with Crippen molar-refractivity contribution in [1.82, 2.24) is 24.5 Å². The van der Waals surface area contributed by atoms with Crippen LogP contribution in [0.15, 0.2) is 49.2 Å². The first-order valence-electron chi connectivity index (χ1n) is 6.90. The Bertz CT molecular complexity index is 798. The summed E-state index contributed by atoms with van der Waals surface area (Å²) in [5, 5.41) is 28.9. The minimum absolute atomic E-state index is 0.103. The molecular formula is C14H14N6O3. The van der Waals surface area contributed by atoms with Crippen LogP contribution in [-0.4, -0.2) is 40.7 Å². The summed E-state index contributed by atoms with van der Waals surface area (Å²) in [5.74, 6) is 0. The van der Waals surface area contributed by atoms with E-state index in [9.17, 15) is 15.2 Å². The molecule has 9 nitrogen and oxygen atoms in total. The summed E-state index contributed by atoms with van der Waals surface area (Å²) in [7, 11) is 0. The highest BCUT2D eigenvalue weighted by Gasteiger charge is 2.14. The zero-order valence-corrected chi connectivity index (χ0v) is 12.1. The summed E-state index contributed by atoms with van der Waals surface area (Å²) >= 11 is 0. The van der Waals surface area contributed by atoms with Crippen LogP contribution in [0.1, 0.15) is 0 Å². The highest BCUT2D eigenvalue weighted by atomic mass is 16.6. The number of aliphatic hydroxyl groups is 1. The molecule has 23 heavy (non-hydrogen) atoms. The molecule has 3 heterocycles. The number of hydrogen-bond donors (Lipinski definition) is 1. The van der Waals surface area contributed by atoms with Crippen LogP contribution in [0.25, 0.3) is 11.3 Å². The van der Waals surface area contributed by atoms with E-state index in [0.717, 1.165) is 17.5 Å². The SMILES string of the molecule is O=[N+]([O-])c1cnn(CC(O)Cn2nccc2-c2ccncc2)c1. The number of aliphatic hydroxyl groups excluding tert-OH is 1. The predicted molar refractivity (Wildman–Crippen MR) is 80.3 cm³/mol. The molecule has 0 radical (unpaired) electrons. The second-order valence-corrected chi connectivity index (χ2v) is 4.97. The average Bonchev–Trinajstić information content (AvgIpc) is 3.17. The zero-order valence-electron chi connectivity index (χ0n) is 12.1. The Morgan fingerprint density at radius 2 is 1.96 bits per heavy atom. The van der Waals surface area contributed by atoms with Crippen molar-refractivity contribution in [3.63, 3.8) is 0 Å². The van der Waals surface area contributed by atoms with Crippen LogP contribution in [0.2, 0.25) is 0 Å². The van der Waals surface area contributed by atoms with Gasteiger partial charge in [0.25, 0.3) is 0 Å². The van der Waals surface area contributed by atoms with Gasteiger partial charge in [0, 0.05) is 24.2 Å². The monoisotopic (exact) mass is 314 g/mol. The Morgan fingerprint density at radius 1 is 1.17 bits per heavy atom. The molecule has 118 valence electrons. The molecule has 0 aliphatic carbocycles. The third-order valence-electron chi connectivity index (χ3n) is 3.30. The third kappa shape index (κ3) is 3.40. The summed E-state index contributed by atoms with van der Waals surface area (Å²) in [6.45, 7) is 0.391. The molecule has 1 atom stereocenters. The molecule has 1 unspecified atom stereocenters. The summed E-state index contributed by atoms with van der Waals surface area (Å²) in [5.41, 5.74) is 1.70. The fraction of sp³-hybridized carbons (Fsp3) is 0.214. The van der Waals surface area contributed by atoms with Gasteiger partial charge in [-0.1, -0.05) is 0 Å². The summed E-state index contributed by atoms with van der Waals surface area (Å²) in [6.07, 6.45) is 6.69. The second kappa shape index (κ2) is 6.36. The highest BCUT2D eigenvalue weighted by Crippen LogP contribution is 2.18. The van der Waals surface area contributed by atoms with Crippen molar-refractivity contribution < 1.29 is 10.0 Å². The van der Waals surface area contributed by atoms with E-state index in [0.29, 0.717) is 0 Å². The van der Waals surface area contributed by atoms with Gasteiger partial charge in [0.05, 0.1) is 29.8 Å². The molecule has 0 saturated heterocycles. The number of rotatable bonds is 6. The molecule has 0 amide bonds. The molecule has 0 bridgehead atoms. The smallest absolute Gasteiger partial charge is 0.306 e. The van der Waals surface area contributed by atoms with Crippen molar-refractivity contribution >= 4 is 5.69 Å². The molecule has 3 rings (SSSR count). The maximum Gasteiger partial charge on any atom is 0.306 e. The van der Waals surface area contributed by atoms with Gasteiger partial charge in [-0.3, -0.25) is 24.5 Å². The minimum Gasteiger partial charge on any atom is -0.389 e. The lowest BCUT2D eigenvalue weighted by Gasteiger charge is -2.13. The number of aromatic nitrogens is 5. The van der Waals surface area contributed by atoms with Gasteiger partial charge in [0.15, 0.2) is 0 Å². The molecule has 0 aromatic carbocycles. The van der Waals surface area contributed by atoms with E-state index in [1.165, 1.54) is 10.9 Å². The Hall–Kier alpha value is -3.07. The van der Waals surface area contributed by atoms with Crippen molar-refractivity contribution in [3.8, 4) is 11.3 Å². The molecule has 0 aliphatic heterocycles. The van der Waals surface area contributed by atoms with Gasteiger partial charge in [-0.15, -0.1) is 0 Å². The summed E-state index contributed by atoms with van der Waals surface area (Å²) in [6, 6.07) is 5.56. The number of pyridine rings is 1. The van der Waals surface area contributed by atoms with Gasteiger partial charge in [0.1, 0.15) is 12.4 Å². The van der Waals surface area contributed by atoms with Gasteiger partial charge in [0.2, 0.25) is 0 Å². The van der Waals surface area contributed by atoms with Crippen LogP contribution >= 0.6 is 0 Å². The first-order valence-corrected chi connectivity index (χ1v) is 6.90. The van der Waals surface area contributed by atoms with E-state index in [2.05, 4.69) is 15.2 Å². The summed E-state index contributed by atoms with van der Waals surface area (Å²) in [4.78, 5) is 14.1. The van der Waals surface area contributed by atoms with Crippen LogP contribution in [0.5, 0.6) is 0 Å². The quantitative estimate of drug-likeness (QED) is 0.539. The van der Waals surface area contributed by atoms with Gasteiger partial charge >= 0.3 is 5.69 Å². The van der Waals surface area contributed by atoms with Gasteiger partial charge in [-0.2, -0.15) is 10.2 Å². The Morgan fingerprint density at radius 3 is 2.65 bits per heavy atom. The van der Waals surface area contributed by atoms with E-state index >= 15 is 0 Å². The standard InChI is InChI=1S/C14H14N6O3/c21-13(9-18-8-12(7-17-18)20(22)23)10-19-14(3-6-16-19)11-1-4-15-5-2-11/h1-8,13,21H,9-10H2. The molecule has 1 N–H and O–H groups in total. The maximum absolute atomic E-state index is 10.6. The first-order chi connectivity index (χ1) is 11.1. The van der Waals surface area contributed by atoms with E-state index < -0.39 is 11.0 Å². The normalized spacial score (nSPS) is 12.2. The van der Waals surface area contributed by atoms with Crippen molar-refractivity contribution in [2.24, 2.45) is 0 Å². The van der Waals surface area contributed by atoms with Gasteiger partial charge < -0.3 is 5.11 Å². The lowest BCUT2D eigenvalue weighted by atomic mass is 10.2. The van der Waals surface area contributed by atoms with Gasteiger partial charge in [-0.25, -0.2) is 0 Å². The van der Waals surface area contributed by atoms with Crippen molar-refractivity contribution in [3.05, 3.63) is 59.3 Å². The van der Waals surface area contributed by atoms with E-state index in [1.807, 2.05) is 18.2 Å². The molecule has 0 saturated carbocycles. The number of nitro groups is 1. The molecule has 3 aromatic rings. The largest absolute Gasteiger partial charge is 0.389 e. The highest BCUT2D eigenvalue weighted by molar-refractivity contribution is 5.58. The first kappa shape index (κ1) is 14.9. The molecule has 0 spiro atoms. The van der Waals surface area contributed by atoms with Crippen molar-refractivity contribution in [1.29, 1.82) is 0 Å².